The van der Waals surface area contributed by atoms with Crippen LogP contribution in [0.5, 0.6) is 0 Å². The Morgan fingerprint density at radius 3 is 2.75 bits per heavy atom. The number of carbonyl (C=O) groups is 1. The minimum Gasteiger partial charge on any atom is -0.307 e. The first-order chi connectivity index (χ1) is 9.75. The quantitative estimate of drug-likeness (QED) is 0.931. The fraction of sp³-hybridized carbons (Fsp3) is 0.333. The van der Waals surface area contributed by atoms with Gasteiger partial charge in [0.05, 0.1) is 22.8 Å². The maximum atomic E-state index is 12.3. The van der Waals surface area contributed by atoms with Crippen LogP contribution >= 0.6 is 11.6 Å². The first-order valence-electron chi connectivity index (χ1n) is 6.85. The van der Waals surface area contributed by atoms with Gasteiger partial charge in [0, 0.05) is 6.07 Å². The number of aromatic nitrogens is 2. The molecule has 5 heteroatoms. The molecule has 0 saturated heterocycles. The van der Waals surface area contributed by atoms with Gasteiger partial charge < -0.3 is 5.32 Å². The van der Waals surface area contributed by atoms with E-state index in [9.17, 15) is 4.79 Å². The van der Waals surface area contributed by atoms with Gasteiger partial charge in [-0.1, -0.05) is 36.6 Å². The molecule has 1 saturated carbocycles. The van der Waals surface area contributed by atoms with Gasteiger partial charge in [0.1, 0.15) is 5.82 Å². The molecule has 20 heavy (non-hydrogen) atoms. The molecule has 0 atom stereocenters. The summed E-state index contributed by atoms with van der Waals surface area (Å²) in [6.45, 7) is 0. The Morgan fingerprint density at radius 2 is 2.00 bits per heavy atom. The molecule has 0 radical (unpaired) electrons. The van der Waals surface area contributed by atoms with Gasteiger partial charge in [0.25, 0.3) is 5.91 Å². The minimum atomic E-state index is -0.199. The SMILES string of the molecule is O=C(Nc1ccnn1C1CCCC1)c1ccccc1Cl. The molecule has 0 aliphatic heterocycles. The second kappa shape index (κ2) is 5.67. The number of amides is 1. The van der Waals surface area contributed by atoms with Gasteiger partial charge in [0.15, 0.2) is 0 Å². The largest absolute Gasteiger partial charge is 0.307 e. The van der Waals surface area contributed by atoms with Gasteiger partial charge in [-0.25, -0.2) is 4.68 Å². The van der Waals surface area contributed by atoms with Crippen LogP contribution in [0, 0.1) is 0 Å². The summed E-state index contributed by atoms with van der Waals surface area (Å²) in [5.74, 6) is 0.539. The normalized spacial score (nSPS) is 15.4. The summed E-state index contributed by atoms with van der Waals surface area (Å²) >= 11 is 6.04. The van der Waals surface area contributed by atoms with Gasteiger partial charge in [-0.2, -0.15) is 5.10 Å². The van der Waals surface area contributed by atoms with Crippen molar-refractivity contribution in [2.45, 2.75) is 31.7 Å². The highest BCUT2D eigenvalue weighted by Gasteiger charge is 2.21. The molecular weight excluding hydrogens is 274 g/mol. The Kier molecular flexibility index (Phi) is 3.74. The second-order valence-corrected chi connectivity index (χ2v) is 5.44. The predicted octanol–water partition coefficient (Wildman–Crippen LogP) is 3.90. The molecule has 1 aliphatic rings. The van der Waals surface area contributed by atoms with Crippen LogP contribution in [-0.4, -0.2) is 15.7 Å². The molecular formula is C15H16ClN3O. The van der Waals surface area contributed by atoms with Crippen LogP contribution < -0.4 is 5.32 Å². The van der Waals surface area contributed by atoms with Crippen LogP contribution in [0.4, 0.5) is 5.82 Å². The summed E-state index contributed by atoms with van der Waals surface area (Å²) in [4.78, 5) is 12.3. The van der Waals surface area contributed by atoms with Crippen molar-refractivity contribution in [1.82, 2.24) is 9.78 Å². The van der Waals surface area contributed by atoms with Crippen molar-refractivity contribution >= 4 is 23.3 Å². The number of nitrogens with zero attached hydrogens (tertiary/aromatic N) is 2. The van der Waals surface area contributed by atoms with Crippen molar-refractivity contribution in [3.8, 4) is 0 Å². The summed E-state index contributed by atoms with van der Waals surface area (Å²) in [6, 6.07) is 9.26. The molecule has 0 unspecified atom stereocenters. The molecule has 0 spiro atoms. The Balaban J connectivity index is 1.80. The van der Waals surface area contributed by atoms with E-state index in [1.54, 1.807) is 24.4 Å². The lowest BCUT2D eigenvalue weighted by molar-refractivity contribution is 0.102. The smallest absolute Gasteiger partial charge is 0.258 e. The molecule has 1 fully saturated rings. The monoisotopic (exact) mass is 289 g/mol. The van der Waals surface area contributed by atoms with Gasteiger partial charge >= 0.3 is 0 Å². The fourth-order valence-electron chi connectivity index (χ4n) is 2.68. The van der Waals surface area contributed by atoms with Crippen LogP contribution in [0.3, 0.4) is 0 Å². The van der Waals surface area contributed by atoms with E-state index < -0.39 is 0 Å². The standard InChI is InChI=1S/C15H16ClN3O/c16-13-8-4-3-7-12(13)15(20)18-14-9-10-17-19(14)11-5-1-2-6-11/h3-4,7-11H,1-2,5-6H2,(H,18,20). The average Bonchev–Trinajstić information content (AvgIpc) is 3.09. The van der Waals surface area contributed by atoms with E-state index in [0.717, 1.165) is 18.7 Å². The van der Waals surface area contributed by atoms with Crippen molar-refractivity contribution in [2.75, 3.05) is 5.32 Å². The highest BCUT2D eigenvalue weighted by atomic mass is 35.5. The molecule has 1 amide bonds. The van der Waals surface area contributed by atoms with Gasteiger partial charge in [-0.3, -0.25) is 4.79 Å². The lowest BCUT2D eigenvalue weighted by atomic mass is 10.2. The van der Waals surface area contributed by atoms with E-state index in [4.69, 9.17) is 11.6 Å². The van der Waals surface area contributed by atoms with Crippen LogP contribution in [0.2, 0.25) is 5.02 Å². The first-order valence-corrected chi connectivity index (χ1v) is 7.23. The fourth-order valence-corrected chi connectivity index (χ4v) is 2.90. The zero-order valence-electron chi connectivity index (χ0n) is 11.1. The number of nitrogens with one attached hydrogen (secondary N) is 1. The Hall–Kier alpha value is -1.81. The summed E-state index contributed by atoms with van der Waals surface area (Å²) in [5.41, 5.74) is 0.480. The van der Waals surface area contributed by atoms with E-state index in [0.29, 0.717) is 16.6 Å². The van der Waals surface area contributed by atoms with E-state index in [-0.39, 0.29) is 5.91 Å². The summed E-state index contributed by atoms with van der Waals surface area (Å²) in [7, 11) is 0. The minimum absolute atomic E-state index is 0.199. The summed E-state index contributed by atoms with van der Waals surface area (Å²) < 4.78 is 1.92. The van der Waals surface area contributed by atoms with Crippen LogP contribution in [0.25, 0.3) is 0 Å². The number of anilines is 1. The molecule has 4 nitrogen and oxygen atoms in total. The van der Waals surface area contributed by atoms with Crippen molar-refractivity contribution in [3.63, 3.8) is 0 Å². The summed E-state index contributed by atoms with van der Waals surface area (Å²) in [5, 5.41) is 7.69. The highest BCUT2D eigenvalue weighted by Crippen LogP contribution is 2.31. The third kappa shape index (κ3) is 2.56. The molecule has 2 aromatic rings. The van der Waals surface area contributed by atoms with E-state index >= 15 is 0 Å². The molecule has 1 aromatic heterocycles. The summed E-state index contributed by atoms with van der Waals surface area (Å²) in [6.07, 6.45) is 6.42. The molecule has 1 aliphatic carbocycles. The molecule has 1 aromatic carbocycles. The number of hydrogen-bond acceptors (Lipinski definition) is 2. The van der Waals surface area contributed by atoms with Gasteiger partial charge in [-0.05, 0) is 25.0 Å². The van der Waals surface area contributed by atoms with Crippen molar-refractivity contribution < 1.29 is 4.79 Å². The van der Waals surface area contributed by atoms with Crippen LogP contribution in [0.15, 0.2) is 36.5 Å². The topological polar surface area (TPSA) is 46.9 Å². The maximum absolute atomic E-state index is 12.3. The Morgan fingerprint density at radius 1 is 1.25 bits per heavy atom. The lowest BCUT2D eigenvalue weighted by Gasteiger charge is -2.14. The first kappa shape index (κ1) is 13.2. The number of benzene rings is 1. The van der Waals surface area contributed by atoms with E-state index in [2.05, 4.69) is 10.4 Å². The third-order valence-corrected chi connectivity index (χ3v) is 4.03. The zero-order valence-corrected chi connectivity index (χ0v) is 11.8. The van der Waals surface area contributed by atoms with Gasteiger partial charge in [0.2, 0.25) is 0 Å². The molecule has 104 valence electrons. The maximum Gasteiger partial charge on any atom is 0.258 e. The lowest BCUT2D eigenvalue weighted by Crippen LogP contribution is -2.18. The predicted molar refractivity (Wildman–Crippen MR) is 79.1 cm³/mol. The molecule has 1 heterocycles. The average molecular weight is 290 g/mol. The van der Waals surface area contributed by atoms with Crippen molar-refractivity contribution in [3.05, 3.63) is 47.1 Å². The molecule has 0 bridgehead atoms. The number of hydrogen-bond donors (Lipinski definition) is 1. The van der Waals surface area contributed by atoms with Crippen molar-refractivity contribution in [2.24, 2.45) is 0 Å². The third-order valence-electron chi connectivity index (χ3n) is 3.70. The van der Waals surface area contributed by atoms with Crippen LogP contribution in [-0.2, 0) is 0 Å². The van der Waals surface area contributed by atoms with E-state index in [1.165, 1.54) is 12.8 Å². The Bertz CT molecular complexity index is 617. The molecule has 1 N–H and O–H groups in total. The highest BCUT2D eigenvalue weighted by molar-refractivity contribution is 6.34. The second-order valence-electron chi connectivity index (χ2n) is 5.03. The van der Waals surface area contributed by atoms with Crippen molar-refractivity contribution in [1.29, 1.82) is 0 Å². The number of rotatable bonds is 3. The van der Waals surface area contributed by atoms with E-state index in [1.807, 2.05) is 16.8 Å². The van der Waals surface area contributed by atoms with Gasteiger partial charge in [-0.15, -0.1) is 0 Å². The number of carbonyl (C=O) groups excluding carboxylic acids is 1. The number of halogens is 1. The molecule has 3 rings (SSSR count). The zero-order chi connectivity index (χ0) is 13.9. The Labute approximate surface area is 122 Å². The van der Waals surface area contributed by atoms with Crippen LogP contribution in [0.1, 0.15) is 42.1 Å².